The molecule has 1 aromatic heterocycles. The second-order valence-corrected chi connectivity index (χ2v) is 6.46. The molecule has 21 heavy (non-hydrogen) atoms. The highest BCUT2D eigenvalue weighted by Crippen LogP contribution is 2.34. The zero-order valence-corrected chi connectivity index (χ0v) is 15.1. The monoisotopic (exact) mass is 389 g/mol. The number of halogens is 3. The first-order chi connectivity index (χ1) is 10.1. The Bertz CT molecular complexity index is 613. The van der Waals surface area contributed by atoms with Crippen molar-refractivity contribution in [2.75, 3.05) is 6.54 Å². The lowest BCUT2D eigenvalue weighted by Crippen LogP contribution is -2.25. The Morgan fingerprint density at radius 3 is 2.71 bits per heavy atom. The van der Waals surface area contributed by atoms with Crippen LogP contribution in [-0.2, 0) is 6.54 Å². The van der Waals surface area contributed by atoms with Crippen molar-refractivity contribution in [1.82, 2.24) is 15.1 Å². The molecule has 0 bridgehead atoms. The molecule has 1 heterocycles. The molecule has 0 aliphatic heterocycles. The smallest absolute Gasteiger partial charge is 0.0774 e. The van der Waals surface area contributed by atoms with E-state index in [1.165, 1.54) is 0 Å². The van der Waals surface area contributed by atoms with E-state index >= 15 is 0 Å². The highest BCUT2D eigenvalue weighted by Gasteiger charge is 2.23. The maximum atomic E-state index is 6.39. The summed E-state index contributed by atoms with van der Waals surface area (Å²) in [5.41, 5.74) is 2.09. The normalized spacial score (nSPS) is 12.6. The van der Waals surface area contributed by atoms with Crippen LogP contribution in [0, 0.1) is 0 Å². The fourth-order valence-corrected chi connectivity index (χ4v) is 3.39. The van der Waals surface area contributed by atoms with E-state index in [1.54, 1.807) is 6.07 Å². The number of hydrogen-bond donors (Lipinski definition) is 1. The number of rotatable bonds is 6. The van der Waals surface area contributed by atoms with E-state index in [0.717, 1.165) is 35.2 Å². The van der Waals surface area contributed by atoms with Gasteiger partial charge in [-0.1, -0.05) is 43.1 Å². The molecule has 0 spiro atoms. The predicted molar refractivity (Wildman–Crippen MR) is 92.2 cm³/mol. The Morgan fingerprint density at radius 2 is 2.10 bits per heavy atom. The number of nitrogens with zero attached hydrogens (tertiary/aromatic N) is 2. The van der Waals surface area contributed by atoms with Gasteiger partial charge in [-0.15, -0.1) is 0 Å². The summed E-state index contributed by atoms with van der Waals surface area (Å²) in [6, 6.07) is 5.58. The fraction of sp³-hybridized carbons (Fsp3) is 0.400. The lowest BCUT2D eigenvalue weighted by Gasteiger charge is -2.22. The van der Waals surface area contributed by atoms with Crippen LogP contribution in [0.3, 0.4) is 0 Å². The molecule has 0 radical (unpaired) electrons. The van der Waals surface area contributed by atoms with Gasteiger partial charge in [-0.25, -0.2) is 0 Å². The van der Waals surface area contributed by atoms with Crippen LogP contribution >= 0.6 is 39.1 Å². The molecule has 0 aliphatic rings. The zero-order valence-electron chi connectivity index (χ0n) is 12.0. The summed E-state index contributed by atoms with van der Waals surface area (Å²) in [6.45, 7) is 5.91. The summed E-state index contributed by atoms with van der Waals surface area (Å²) in [5.74, 6) is 0. The summed E-state index contributed by atoms with van der Waals surface area (Å²) in [5, 5.41) is 9.22. The van der Waals surface area contributed by atoms with Gasteiger partial charge in [0.05, 0.1) is 22.4 Å². The van der Waals surface area contributed by atoms with Crippen molar-refractivity contribution in [3.63, 3.8) is 0 Å². The van der Waals surface area contributed by atoms with Gasteiger partial charge < -0.3 is 5.32 Å². The number of aromatic nitrogens is 2. The Kier molecular flexibility index (Phi) is 6.11. The van der Waals surface area contributed by atoms with Gasteiger partial charge in [-0.2, -0.15) is 5.10 Å². The van der Waals surface area contributed by atoms with Crippen molar-refractivity contribution in [2.24, 2.45) is 0 Å². The molecule has 0 fully saturated rings. The van der Waals surface area contributed by atoms with Gasteiger partial charge in [0.1, 0.15) is 0 Å². The SMILES string of the molecule is CCCn1ncc(Br)c1C(NCC)c1ccc(Cl)cc1Cl. The van der Waals surface area contributed by atoms with E-state index < -0.39 is 0 Å². The Hall–Kier alpha value is -0.550. The van der Waals surface area contributed by atoms with Gasteiger partial charge in [-0.05, 0) is 46.6 Å². The van der Waals surface area contributed by atoms with Crippen molar-refractivity contribution in [2.45, 2.75) is 32.9 Å². The topological polar surface area (TPSA) is 29.9 Å². The van der Waals surface area contributed by atoms with E-state index in [2.05, 4.69) is 40.2 Å². The molecular formula is C15H18BrCl2N3. The molecule has 6 heteroatoms. The van der Waals surface area contributed by atoms with Crippen LogP contribution in [0.5, 0.6) is 0 Å². The third-order valence-electron chi connectivity index (χ3n) is 3.22. The lowest BCUT2D eigenvalue weighted by molar-refractivity contribution is 0.519. The first kappa shape index (κ1) is 16.8. The van der Waals surface area contributed by atoms with Crippen molar-refractivity contribution in [3.05, 3.63) is 50.2 Å². The quantitative estimate of drug-likeness (QED) is 0.746. The number of nitrogens with one attached hydrogen (secondary N) is 1. The minimum atomic E-state index is -0.0248. The van der Waals surface area contributed by atoms with Gasteiger partial charge in [0.15, 0.2) is 0 Å². The molecule has 1 unspecified atom stereocenters. The van der Waals surface area contributed by atoms with Gasteiger partial charge in [0.25, 0.3) is 0 Å². The second-order valence-electron chi connectivity index (χ2n) is 4.76. The summed E-state index contributed by atoms with van der Waals surface area (Å²) in [7, 11) is 0. The van der Waals surface area contributed by atoms with E-state index in [4.69, 9.17) is 23.2 Å². The Morgan fingerprint density at radius 1 is 1.33 bits per heavy atom. The maximum absolute atomic E-state index is 6.39. The van der Waals surface area contributed by atoms with Crippen LogP contribution in [0.4, 0.5) is 0 Å². The van der Waals surface area contributed by atoms with E-state index in [1.807, 2.05) is 23.0 Å². The van der Waals surface area contributed by atoms with E-state index in [-0.39, 0.29) is 6.04 Å². The second kappa shape index (κ2) is 7.63. The summed E-state index contributed by atoms with van der Waals surface area (Å²) in [4.78, 5) is 0. The number of hydrogen-bond acceptors (Lipinski definition) is 2. The molecule has 2 aromatic rings. The van der Waals surface area contributed by atoms with Crippen LogP contribution in [0.1, 0.15) is 37.6 Å². The molecule has 114 valence electrons. The molecule has 1 N–H and O–H groups in total. The minimum absolute atomic E-state index is 0.0248. The van der Waals surface area contributed by atoms with Crippen LogP contribution in [0.25, 0.3) is 0 Å². The van der Waals surface area contributed by atoms with Gasteiger partial charge >= 0.3 is 0 Å². The van der Waals surface area contributed by atoms with Crippen molar-refractivity contribution < 1.29 is 0 Å². The molecule has 0 saturated heterocycles. The first-order valence-corrected chi connectivity index (χ1v) is 8.52. The molecule has 3 nitrogen and oxygen atoms in total. The van der Waals surface area contributed by atoms with Crippen LogP contribution in [0.2, 0.25) is 10.0 Å². The highest BCUT2D eigenvalue weighted by molar-refractivity contribution is 9.10. The van der Waals surface area contributed by atoms with Gasteiger partial charge in [-0.3, -0.25) is 4.68 Å². The third kappa shape index (κ3) is 3.81. The van der Waals surface area contributed by atoms with Crippen LogP contribution in [-0.4, -0.2) is 16.3 Å². The Balaban J connectivity index is 2.50. The average molecular weight is 391 g/mol. The summed E-state index contributed by atoms with van der Waals surface area (Å²) >= 11 is 16.0. The number of benzene rings is 1. The van der Waals surface area contributed by atoms with Crippen LogP contribution in [0.15, 0.2) is 28.9 Å². The maximum Gasteiger partial charge on any atom is 0.0774 e. The predicted octanol–water partition coefficient (Wildman–Crippen LogP) is 5.06. The molecule has 1 atom stereocenters. The number of aryl methyl sites for hydroxylation is 1. The van der Waals surface area contributed by atoms with Crippen molar-refractivity contribution in [1.29, 1.82) is 0 Å². The van der Waals surface area contributed by atoms with E-state index in [0.29, 0.717) is 10.0 Å². The zero-order chi connectivity index (χ0) is 15.4. The largest absolute Gasteiger partial charge is 0.305 e. The third-order valence-corrected chi connectivity index (χ3v) is 4.40. The molecule has 2 rings (SSSR count). The molecular weight excluding hydrogens is 373 g/mol. The lowest BCUT2D eigenvalue weighted by atomic mass is 10.0. The molecule has 0 amide bonds. The average Bonchev–Trinajstić information content (AvgIpc) is 2.79. The molecule has 0 aliphatic carbocycles. The highest BCUT2D eigenvalue weighted by atomic mass is 79.9. The standard InChI is InChI=1S/C15H18BrCl2N3/c1-3-7-21-15(12(16)9-20-21)14(19-4-2)11-6-5-10(17)8-13(11)18/h5-6,8-9,14,19H,3-4,7H2,1-2H3. The summed E-state index contributed by atoms with van der Waals surface area (Å²) < 4.78 is 3.00. The van der Waals surface area contributed by atoms with Crippen molar-refractivity contribution in [3.8, 4) is 0 Å². The fourth-order valence-electron chi connectivity index (χ4n) is 2.34. The molecule has 1 aromatic carbocycles. The van der Waals surface area contributed by atoms with Gasteiger partial charge in [0.2, 0.25) is 0 Å². The summed E-state index contributed by atoms with van der Waals surface area (Å²) in [6.07, 6.45) is 2.85. The first-order valence-electron chi connectivity index (χ1n) is 6.98. The van der Waals surface area contributed by atoms with E-state index in [9.17, 15) is 0 Å². The van der Waals surface area contributed by atoms with Crippen LogP contribution < -0.4 is 5.32 Å². The minimum Gasteiger partial charge on any atom is -0.305 e. The van der Waals surface area contributed by atoms with Gasteiger partial charge in [0, 0.05) is 16.6 Å². The Labute approximate surface area is 143 Å². The molecule has 0 saturated carbocycles. The van der Waals surface area contributed by atoms with Crippen molar-refractivity contribution >= 4 is 39.1 Å².